The van der Waals surface area contributed by atoms with Gasteiger partial charge in [-0.2, -0.15) is 0 Å². The first-order valence-electron chi connectivity index (χ1n) is 12.0. The molecular weight excluding hydrogens is 435 g/mol. The van der Waals surface area contributed by atoms with Gasteiger partial charge in [0.25, 0.3) is 0 Å². The Bertz CT molecular complexity index is 971. The predicted molar refractivity (Wildman–Crippen MR) is 127 cm³/mol. The number of amides is 2. The van der Waals surface area contributed by atoms with Gasteiger partial charge in [0, 0.05) is 38.3 Å². The summed E-state index contributed by atoms with van der Waals surface area (Å²) < 4.78 is 24.0. The van der Waals surface area contributed by atoms with Gasteiger partial charge in [-0.1, -0.05) is 24.3 Å². The third-order valence-corrected chi connectivity index (χ3v) is 7.17. The molecule has 2 heterocycles. The summed E-state index contributed by atoms with van der Waals surface area (Å²) in [7, 11) is 1.65. The molecule has 4 rings (SSSR count). The summed E-state index contributed by atoms with van der Waals surface area (Å²) in [5.74, 6) is 0.242. The highest BCUT2D eigenvalue weighted by atomic mass is 19.1. The molecule has 1 N–H and O–H groups in total. The maximum absolute atomic E-state index is 13.1. The molecular formula is C27H33FN2O4. The Morgan fingerprint density at radius 3 is 2.50 bits per heavy atom. The molecule has 0 spiro atoms. The van der Waals surface area contributed by atoms with Crippen LogP contribution in [0.25, 0.3) is 0 Å². The van der Waals surface area contributed by atoms with E-state index >= 15 is 0 Å². The largest absolute Gasteiger partial charge is 0.497 e. The molecule has 34 heavy (non-hydrogen) atoms. The van der Waals surface area contributed by atoms with E-state index in [-0.39, 0.29) is 35.4 Å². The van der Waals surface area contributed by atoms with Gasteiger partial charge in [-0.05, 0) is 61.1 Å². The second-order valence-corrected chi connectivity index (χ2v) is 9.32. The lowest BCUT2D eigenvalue weighted by Crippen LogP contribution is -2.49. The van der Waals surface area contributed by atoms with Crippen LogP contribution in [0.3, 0.4) is 0 Å². The fourth-order valence-corrected chi connectivity index (χ4v) is 4.98. The first-order valence-corrected chi connectivity index (χ1v) is 12.0. The van der Waals surface area contributed by atoms with Crippen molar-refractivity contribution >= 4 is 11.8 Å². The van der Waals surface area contributed by atoms with Crippen LogP contribution >= 0.6 is 0 Å². The number of ether oxygens (including phenoxy) is 2. The minimum Gasteiger partial charge on any atom is -0.497 e. The second kappa shape index (κ2) is 11.0. The maximum Gasteiger partial charge on any atom is 0.227 e. The van der Waals surface area contributed by atoms with Crippen LogP contribution in [-0.2, 0) is 26.2 Å². The number of hydrogen-bond donors (Lipinski definition) is 1. The fourth-order valence-electron chi connectivity index (χ4n) is 4.98. The lowest BCUT2D eigenvalue weighted by molar-refractivity contribution is -0.135. The van der Waals surface area contributed by atoms with Crippen LogP contribution in [0.2, 0.25) is 0 Å². The normalized spacial score (nSPS) is 19.9. The Kier molecular flexibility index (Phi) is 7.83. The summed E-state index contributed by atoms with van der Waals surface area (Å²) in [6, 6.07) is 14.1. The lowest BCUT2D eigenvalue weighted by Gasteiger charge is -2.39. The van der Waals surface area contributed by atoms with E-state index in [1.165, 1.54) is 17.7 Å². The van der Waals surface area contributed by atoms with E-state index < -0.39 is 0 Å². The van der Waals surface area contributed by atoms with Crippen LogP contribution in [0, 0.1) is 11.7 Å². The molecule has 2 amide bonds. The second-order valence-electron chi connectivity index (χ2n) is 9.32. The number of rotatable bonds is 7. The molecule has 2 aliphatic rings. The quantitative estimate of drug-likeness (QED) is 0.676. The van der Waals surface area contributed by atoms with Crippen molar-refractivity contribution in [2.75, 3.05) is 40.0 Å². The van der Waals surface area contributed by atoms with Gasteiger partial charge in [-0.3, -0.25) is 9.59 Å². The predicted octanol–water partition coefficient (Wildman–Crippen LogP) is 3.48. The monoisotopic (exact) mass is 468 g/mol. The Morgan fingerprint density at radius 2 is 1.82 bits per heavy atom. The summed E-state index contributed by atoms with van der Waals surface area (Å²) in [5.41, 5.74) is 1.78. The lowest BCUT2D eigenvalue weighted by atomic mass is 9.74. The number of piperidine rings is 1. The summed E-state index contributed by atoms with van der Waals surface area (Å²) in [6.45, 7) is 2.94. The molecule has 0 aliphatic carbocycles. The molecule has 0 aromatic heterocycles. The van der Waals surface area contributed by atoms with Gasteiger partial charge in [0.1, 0.15) is 11.6 Å². The molecule has 182 valence electrons. The van der Waals surface area contributed by atoms with Crippen LogP contribution < -0.4 is 10.1 Å². The minimum absolute atomic E-state index is 0.00124. The average Bonchev–Trinajstić information content (AvgIpc) is 2.89. The zero-order valence-electron chi connectivity index (χ0n) is 19.7. The molecule has 0 saturated carbocycles. The number of carbonyl (C=O) groups excluding carboxylic acids is 2. The number of methoxy groups -OCH3 is 1. The molecule has 2 aromatic carbocycles. The summed E-state index contributed by atoms with van der Waals surface area (Å²) in [6.07, 6.45) is 3.46. The van der Waals surface area contributed by atoms with Gasteiger partial charge >= 0.3 is 0 Å². The molecule has 2 saturated heterocycles. The van der Waals surface area contributed by atoms with Crippen molar-refractivity contribution < 1.29 is 23.5 Å². The maximum atomic E-state index is 13.1. The van der Waals surface area contributed by atoms with E-state index in [0.29, 0.717) is 32.8 Å². The van der Waals surface area contributed by atoms with Crippen molar-refractivity contribution in [2.45, 2.75) is 37.5 Å². The van der Waals surface area contributed by atoms with Crippen molar-refractivity contribution in [3.8, 4) is 5.75 Å². The smallest absolute Gasteiger partial charge is 0.227 e. The van der Waals surface area contributed by atoms with Crippen LogP contribution in [0.4, 0.5) is 4.39 Å². The molecule has 2 aromatic rings. The first-order chi connectivity index (χ1) is 16.5. The number of carbonyl (C=O) groups is 2. The molecule has 6 nitrogen and oxygen atoms in total. The SMILES string of the molecule is COc1ccc(C2(CNC(=O)C3CCCN(C(=O)Cc4ccc(F)cc4)C3)CCOCC2)cc1. The van der Waals surface area contributed by atoms with Crippen molar-refractivity contribution in [1.29, 1.82) is 0 Å². The summed E-state index contributed by atoms with van der Waals surface area (Å²) in [4.78, 5) is 27.7. The minimum atomic E-state index is -0.317. The standard InChI is InChI=1S/C27H33FN2O4/c1-33-24-10-6-22(7-11-24)27(12-15-34-16-13-27)19-29-26(32)21-3-2-14-30(18-21)25(31)17-20-4-8-23(28)9-5-20/h4-11,21H,2-3,12-19H2,1H3,(H,29,32). The molecule has 0 bridgehead atoms. The van der Waals surface area contributed by atoms with Crippen LogP contribution in [-0.4, -0.2) is 56.7 Å². The fraction of sp³-hybridized carbons (Fsp3) is 0.481. The molecule has 7 heteroatoms. The van der Waals surface area contributed by atoms with Gasteiger partial charge in [-0.15, -0.1) is 0 Å². The Morgan fingerprint density at radius 1 is 1.12 bits per heavy atom. The highest BCUT2D eigenvalue weighted by molar-refractivity contribution is 5.82. The van der Waals surface area contributed by atoms with Crippen molar-refractivity contribution in [1.82, 2.24) is 10.2 Å². The Balaban J connectivity index is 1.36. The van der Waals surface area contributed by atoms with Gasteiger partial charge in [-0.25, -0.2) is 4.39 Å². The van der Waals surface area contributed by atoms with Crippen LogP contribution in [0.15, 0.2) is 48.5 Å². The number of hydrogen-bond acceptors (Lipinski definition) is 4. The summed E-state index contributed by atoms with van der Waals surface area (Å²) >= 11 is 0. The van der Waals surface area contributed by atoms with Crippen molar-refractivity contribution in [3.05, 3.63) is 65.5 Å². The average molecular weight is 469 g/mol. The van der Waals surface area contributed by atoms with E-state index in [0.717, 1.165) is 37.0 Å². The van der Waals surface area contributed by atoms with E-state index in [1.54, 1.807) is 24.1 Å². The highest BCUT2D eigenvalue weighted by Gasteiger charge is 2.36. The van der Waals surface area contributed by atoms with E-state index in [9.17, 15) is 14.0 Å². The molecule has 2 fully saturated rings. The topological polar surface area (TPSA) is 67.9 Å². The van der Waals surface area contributed by atoms with Gasteiger partial charge < -0.3 is 19.7 Å². The molecule has 1 atom stereocenters. The Labute approximate surface area is 200 Å². The van der Waals surface area contributed by atoms with Crippen molar-refractivity contribution in [2.24, 2.45) is 5.92 Å². The number of benzene rings is 2. The van der Waals surface area contributed by atoms with Gasteiger partial charge in [0.15, 0.2) is 0 Å². The highest BCUT2D eigenvalue weighted by Crippen LogP contribution is 2.35. The van der Waals surface area contributed by atoms with Gasteiger partial charge in [0.05, 0.1) is 19.4 Å². The molecule has 1 unspecified atom stereocenters. The first kappa shape index (κ1) is 24.2. The molecule has 2 aliphatic heterocycles. The van der Waals surface area contributed by atoms with E-state index in [2.05, 4.69) is 17.4 Å². The number of halogens is 1. The van der Waals surface area contributed by atoms with E-state index in [1.807, 2.05) is 12.1 Å². The summed E-state index contributed by atoms with van der Waals surface area (Å²) in [5, 5.41) is 3.20. The van der Waals surface area contributed by atoms with E-state index in [4.69, 9.17) is 9.47 Å². The van der Waals surface area contributed by atoms with Gasteiger partial charge in [0.2, 0.25) is 11.8 Å². The number of likely N-dealkylation sites (tertiary alicyclic amines) is 1. The zero-order chi connectivity index (χ0) is 24.0. The molecule has 0 radical (unpaired) electrons. The third-order valence-electron chi connectivity index (χ3n) is 7.17. The number of nitrogens with one attached hydrogen (secondary N) is 1. The van der Waals surface area contributed by atoms with Crippen molar-refractivity contribution in [3.63, 3.8) is 0 Å². The Hall–Kier alpha value is -2.93. The van der Waals surface area contributed by atoms with Crippen LogP contribution in [0.5, 0.6) is 5.75 Å². The number of nitrogens with zero attached hydrogens (tertiary/aromatic N) is 1. The third kappa shape index (κ3) is 5.76. The zero-order valence-corrected chi connectivity index (χ0v) is 19.7. The van der Waals surface area contributed by atoms with Crippen LogP contribution in [0.1, 0.15) is 36.8 Å².